The summed E-state index contributed by atoms with van der Waals surface area (Å²) in [6.07, 6.45) is 3.66. The minimum Gasteiger partial charge on any atom is -0.493 e. The van der Waals surface area contributed by atoms with E-state index in [1.807, 2.05) is 127 Å². The second-order valence-electron chi connectivity index (χ2n) is 12.7. The molecule has 57 heavy (non-hydrogen) atoms. The van der Waals surface area contributed by atoms with Crippen LogP contribution in [0.1, 0.15) is 11.1 Å². The summed E-state index contributed by atoms with van der Waals surface area (Å²) in [4.78, 5) is 26.7. The van der Waals surface area contributed by atoms with Gasteiger partial charge in [0, 0.05) is 51.6 Å². The highest BCUT2D eigenvalue weighted by Gasteiger charge is 2.17. The monoisotopic (exact) mass is 762 g/mol. The zero-order chi connectivity index (χ0) is 39.7. The van der Waals surface area contributed by atoms with Crippen molar-refractivity contribution in [3.8, 4) is 79.5 Å². The summed E-state index contributed by atoms with van der Waals surface area (Å²) >= 11 is 1.61. The van der Waals surface area contributed by atoms with E-state index in [0.29, 0.717) is 44.9 Å². The van der Waals surface area contributed by atoms with Gasteiger partial charge in [0.25, 0.3) is 11.1 Å². The second kappa shape index (κ2) is 17.2. The van der Waals surface area contributed by atoms with E-state index in [2.05, 4.69) is 17.5 Å². The van der Waals surface area contributed by atoms with Crippen molar-refractivity contribution < 1.29 is 9.47 Å². The number of para-hydroxylation sites is 2. The average Bonchev–Trinajstić information content (AvgIpc) is 3.83. The SMILES string of the molecule is COc1ccc(-c2cc(-c3ccccc3C#N)c(=O)n(-c3ccccc3)c2)cc1OC.N#Cc1ccccc1-c1cc(-c2ccsc2)cn(-c2ccccc2)c1=O. The van der Waals surface area contributed by atoms with Crippen LogP contribution in [0.5, 0.6) is 11.5 Å². The molecule has 8 aromatic rings. The second-order valence-corrected chi connectivity index (χ2v) is 13.5. The molecule has 0 spiro atoms. The zero-order valence-corrected chi connectivity index (χ0v) is 31.8. The minimum atomic E-state index is -0.196. The number of methoxy groups -OCH3 is 2. The molecule has 0 N–H and O–H groups in total. The molecule has 276 valence electrons. The van der Waals surface area contributed by atoms with Gasteiger partial charge >= 0.3 is 0 Å². The molecular weight excluding hydrogens is 729 g/mol. The summed E-state index contributed by atoms with van der Waals surface area (Å²) in [6, 6.07) is 49.0. The Hall–Kier alpha value is -7.72. The summed E-state index contributed by atoms with van der Waals surface area (Å²) in [7, 11) is 3.17. The Bertz CT molecular complexity index is 2890. The Morgan fingerprint density at radius 3 is 1.42 bits per heavy atom. The van der Waals surface area contributed by atoms with Gasteiger partial charge in [0.15, 0.2) is 11.5 Å². The van der Waals surface area contributed by atoms with Gasteiger partial charge < -0.3 is 9.47 Å². The maximum absolute atomic E-state index is 13.5. The Morgan fingerprint density at radius 1 is 0.491 bits per heavy atom. The normalized spacial score (nSPS) is 10.4. The Balaban J connectivity index is 0.000000177. The van der Waals surface area contributed by atoms with Crippen molar-refractivity contribution in [2.24, 2.45) is 0 Å². The number of ether oxygens (including phenoxy) is 2. The summed E-state index contributed by atoms with van der Waals surface area (Å²) in [5.41, 5.74) is 8.03. The van der Waals surface area contributed by atoms with Crippen molar-refractivity contribution in [2.45, 2.75) is 0 Å². The van der Waals surface area contributed by atoms with Gasteiger partial charge in [-0.2, -0.15) is 21.9 Å². The lowest BCUT2D eigenvalue weighted by Gasteiger charge is -2.14. The molecule has 0 saturated heterocycles. The number of rotatable bonds is 8. The predicted octanol–water partition coefficient (Wildman–Crippen LogP) is 10.2. The molecule has 8 rings (SSSR count). The highest BCUT2D eigenvalue weighted by atomic mass is 32.1. The maximum atomic E-state index is 13.5. The van der Waals surface area contributed by atoms with Crippen LogP contribution in [0.15, 0.2) is 178 Å². The highest BCUT2D eigenvalue weighted by molar-refractivity contribution is 7.08. The van der Waals surface area contributed by atoms with Crippen LogP contribution in [0, 0.1) is 22.7 Å². The zero-order valence-electron chi connectivity index (χ0n) is 31.0. The number of nitrogens with zero attached hydrogens (tertiary/aromatic N) is 4. The predicted molar refractivity (Wildman–Crippen MR) is 226 cm³/mol. The lowest BCUT2D eigenvalue weighted by atomic mass is 9.98. The molecule has 0 saturated carbocycles. The number of hydrogen-bond donors (Lipinski definition) is 0. The number of benzene rings is 5. The molecule has 0 bridgehead atoms. The first kappa shape index (κ1) is 37.6. The van der Waals surface area contributed by atoms with Gasteiger partial charge in [-0.3, -0.25) is 18.7 Å². The van der Waals surface area contributed by atoms with Gasteiger partial charge in [-0.25, -0.2) is 0 Å². The van der Waals surface area contributed by atoms with Crippen molar-refractivity contribution in [3.05, 3.63) is 201 Å². The first-order chi connectivity index (χ1) is 27.9. The Labute approximate surface area is 333 Å². The molecule has 0 amide bonds. The summed E-state index contributed by atoms with van der Waals surface area (Å²) in [5, 5.41) is 23.1. The van der Waals surface area contributed by atoms with Crippen LogP contribution in [0.4, 0.5) is 0 Å². The lowest BCUT2D eigenvalue weighted by Crippen LogP contribution is -2.20. The fraction of sp³-hybridized carbons (Fsp3) is 0.0417. The van der Waals surface area contributed by atoms with Gasteiger partial charge in [0.2, 0.25) is 0 Å². The third-order valence-electron chi connectivity index (χ3n) is 9.35. The molecule has 0 unspecified atom stereocenters. The maximum Gasteiger partial charge on any atom is 0.263 e. The number of hydrogen-bond acceptors (Lipinski definition) is 7. The van der Waals surface area contributed by atoms with Crippen molar-refractivity contribution in [1.82, 2.24) is 9.13 Å². The molecule has 3 heterocycles. The molecule has 5 aromatic carbocycles. The van der Waals surface area contributed by atoms with Gasteiger partial charge in [0.05, 0.1) is 37.5 Å². The standard InChI is InChI=1S/C26H20N2O3.C22H14N2OS/c1-30-24-13-12-18(15-25(24)31-2)20-14-23(22-11-7-6-8-19(22)16-27)26(29)28(17-20)21-9-4-3-5-10-21;23-13-16-6-4-5-9-20(16)21-12-18(17-10-11-26-15-17)14-24(22(21)25)19-7-2-1-3-8-19/h3-15,17H,1-2H3;1-12,14-15H. The number of thiophene rings is 1. The molecule has 8 nitrogen and oxygen atoms in total. The summed E-state index contributed by atoms with van der Waals surface area (Å²) in [5.74, 6) is 1.22. The summed E-state index contributed by atoms with van der Waals surface area (Å²) < 4.78 is 14.1. The van der Waals surface area contributed by atoms with Crippen LogP contribution in [-0.2, 0) is 0 Å². The van der Waals surface area contributed by atoms with Gasteiger partial charge in [-0.15, -0.1) is 0 Å². The van der Waals surface area contributed by atoms with Gasteiger partial charge in [-0.05, 0) is 94.2 Å². The topological polar surface area (TPSA) is 110 Å². The van der Waals surface area contributed by atoms with Crippen LogP contribution < -0.4 is 20.6 Å². The fourth-order valence-electron chi connectivity index (χ4n) is 6.50. The van der Waals surface area contributed by atoms with Gasteiger partial charge in [0.1, 0.15) is 0 Å². The Kier molecular flexibility index (Phi) is 11.3. The number of pyridine rings is 2. The van der Waals surface area contributed by atoms with Crippen LogP contribution in [-0.4, -0.2) is 23.4 Å². The number of nitriles is 2. The quantitative estimate of drug-likeness (QED) is 0.152. The van der Waals surface area contributed by atoms with Crippen molar-refractivity contribution >= 4 is 11.3 Å². The molecule has 0 aliphatic rings. The highest BCUT2D eigenvalue weighted by Crippen LogP contribution is 2.34. The van der Waals surface area contributed by atoms with Gasteiger partial charge in [-0.1, -0.05) is 78.9 Å². The van der Waals surface area contributed by atoms with Crippen LogP contribution in [0.2, 0.25) is 0 Å². The van der Waals surface area contributed by atoms with Crippen LogP contribution in [0.3, 0.4) is 0 Å². The molecule has 3 aromatic heterocycles. The average molecular weight is 763 g/mol. The third-order valence-corrected chi connectivity index (χ3v) is 10.0. The van der Waals surface area contributed by atoms with Crippen LogP contribution in [0.25, 0.3) is 55.9 Å². The smallest absolute Gasteiger partial charge is 0.263 e. The molecule has 0 radical (unpaired) electrons. The van der Waals surface area contributed by atoms with E-state index >= 15 is 0 Å². The van der Waals surface area contributed by atoms with E-state index in [9.17, 15) is 20.1 Å². The van der Waals surface area contributed by atoms with E-state index < -0.39 is 0 Å². The first-order valence-corrected chi connectivity index (χ1v) is 18.8. The van der Waals surface area contributed by atoms with E-state index in [0.717, 1.165) is 33.6 Å². The molecule has 9 heteroatoms. The van der Waals surface area contributed by atoms with Crippen molar-refractivity contribution in [1.29, 1.82) is 10.5 Å². The Morgan fingerprint density at radius 2 is 0.965 bits per heavy atom. The minimum absolute atomic E-state index is 0.141. The van der Waals surface area contributed by atoms with E-state index in [1.54, 1.807) is 71.2 Å². The van der Waals surface area contributed by atoms with Crippen LogP contribution >= 0.6 is 11.3 Å². The number of aromatic nitrogens is 2. The lowest BCUT2D eigenvalue weighted by molar-refractivity contribution is 0.355. The van der Waals surface area contributed by atoms with Crippen molar-refractivity contribution in [2.75, 3.05) is 14.2 Å². The summed E-state index contributed by atoms with van der Waals surface area (Å²) in [6.45, 7) is 0. The van der Waals surface area contributed by atoms with Crippen molar-refractivity contribution in [3.63, 3.8) is 0 Å². The molecule has 0 aliphatic heterocycles. The van der Waals surface area contributed by atoms with E-state index in [4.69, 9.17) is 9.47 Å². The molecular formula is C48H34N4O4S. The fourth-order valence-corrected chi connectivity index (χ4v) is 7.17. The molecule has 0 atom stereocenters. The molecule has 0 fully saturated rings. The third kappa shape index (κ3) is 7.92. The van der Waals surface area contributed by atoms with E-state index in [-0.39, 0.29) is 11.1 Å². The van der Waals surface area contributed by atoms with E-state index in [1.165, 1.54) is 0 Å². The molecule has 0 aliphatic carbocycles. The largest absolute Gasteiger partial charge is 0.493 e. The first-order valence-electron chi connectivity index (χ1n) is 17.8.